The smallest absolute Gasteiger partial charge is 0.307 e. The number of hydrogen-bond donors (Lipinski definition) is 1. The number of piperidine rings is 1. The maximum absolute atomic E-state index is 12.2. The van der Waals surface area contributed by atoms with Crippen LogP contribution in [0.3, 0.4) is 0 Å². The van der Waals surface area contributed by atoms with E-state index in [2.05, 4.69) is 12.2 Å². The van der Waals surface area contributed by atoms with Crippen molar-refractivity contribution in [3.63, 3.8) is 0 Å². The van der Waals surface area contributed by atoms with Gasteiger partial charge in [-0.2, -0.15) is 0 Å². The summed E-state index contributed by atoms with van der Waals surface area (Å²) in [5, 5.41) is 9.05. The first-order valence-electron chi connectivity index (χ1n) is 7.28. The molecule has 1 spiro atoms. The molecule has 3 rings (SSSR count). The Morgan fingerprint density at radius 2 is 2.05 bits per heavy atom. The van der Waals surface area contributed by atoms with Crippen LogP contribution in [0.2, 0.25) is 0 Å². The van der Waals surface area contributed by atoms with Gasteiger partial charge in [-0.05, 0) is 43.4 Å². The Morgan fingerprint density at radius 3 is 2.58 bits per heavy atom. The van der Waals surface area contributed by atoms with E-state index >= 15 is 0 Å². The van der Waals surface area contributed by atoms with E-state index in [1.165, 1.54) is 0 Å². The third kappa shape index (κ3) is 2.40. The van der Waals surface area contributed by atoms with Crippen LogP contribution in [-0.4, -0.2) is 35.0 Å². The number of aliphatic carboxylic acids is 1. The number of amides is 1. The van der Waals surface area contributed by atoms with Crippen LogP contribution in [-0.2, 0) is 9.59 Å². The predicted octanol–water partition coefficient (Wildman–Crippen LogP) is 2.06. The van der Waals surface area contributed by atoms with Crippen LogP contribution >= 0.6 is 0 Å². The van der Waals surface area contributed by atoms with Gasteiger partial charge in [0.1, 0.15) is 0 Å². The van der Waals surface area contributed by atoms with Gasteiger partial charge in [-0.1, -0.05) is 12.2 Å². The Bertz CT molecular complexity index is 421. The lowest BCUT2D eigenvalue weighted by molar-refractivity contribution is -0.139. The first-order chi connectivity index (χ1) is 9.11. The van der Waals surface area contributed by atoms with Crippen molar-refractivity contribution in [2.45, 2.75) is 38.5 Å². The number of likely N-dealkylation sites (tertiary alicyclic amines) is 1. The second-order valence-corrected chi connectivity index (χ2v) is 6.31. The summed E-state index contributed by atoms with van der Waals surface area (Å²) in [6, 6.07) is 0. The van der Waals surface area contributed by atoms with E-state index in [1.54, 1.807) is 0 Å². The number of allylic oxidation sites excluding steroid dienone is 2. The van der Waals surface area contributed by atoms with Crippen molar-refractivity contribution in [1.82, 2.24) is 4.90 Å². The number of carboxylic acids is 1. The normalized spacial score (nSPS) is 31.7. The highest BCUT2D eigenvalue weighted by molar-refractivity contribution is 5.77. The van der Waals surface area contributed by atoms with Crippen molar-refractivity contribution in [3.05, 3.63) is 12.2 Å². The lowest BCUT2D eigenvalue weighted by atomic mass is 9.90. The highest BCUT2D eigenvalue weighted by atomic mass is 16.4. The highest BCUT2D eigenvalue weighted by Crippen LogP contribution is 2.59. The minimum absolute atomic E-state index is 0.0237. The van der Waals surface area contributed by atoms with Crippen LogP contribution in [0.25, 0.3) is 0 Å². The first-order valence-corrected chi connectivity index (χ1v) is 7.28. The molecule has 0 aromatic rings. The molecule has 19 heavy (non-hydrogen) atoms. The molecule has 0 aromatic heterocycles. The van der Waals surface area contributed by atoms with E-state index in [4.69, 9.17) is 5.11 Å². The molecule has 1 aliphatic heterocycles. The van der Waals surface area contributed by atoms with Gasteiger partial charge in [-0.15, -0.1) is 0 Å². The van der Waals surface area contributed by atoms with Crippen LogP contribution in [0.1, 0.15) is 38.5 Å². The van der Waals surface area contributed by atoms with Crippen molar-refractivity contribution >= 4 is 11.9 Å². The van der Waals surface area contributed by atoms with Gasteiger partial charge in [0.15, 0.2) is 0 Å². The zero-order chi connectivity index (χ0) is 13.5. The molecule has 0 aromatic carbocycles. The van der Waals surface area contributed by atoms with Crippen LogP contribution in [0.15, 0.2) is 12.2 Å². The van der Waals surface area contributed by atoms with Gasteiger partial charge >= 0.3 is 5.97 Å². The zero-order valence-corrected chi connectivity index (χ0v) is 11.2. The van der Waals surface area contributed by atoms with Gasteiger partial charge in [-0.25, -0.2) is 0 Å². The molecule has 1 N–H and O–H groups in total. The van der Waals surface area contributed by atoms with Gasteiger partial charge in [0.05, 0.1) is 5.92 Å². The van der Waals surface area contributed by atoms with Crippen molar-refractivity contribution in [2.24, 2.45) is 17.3 Å². The van der Waals surface area contributed by atoms with Crippen LogP contribution < -0.4 is 0 Å². The quantitative estimate of drug-likeness (QED) is 0.793. The fraction of sp³-hybridized carbons (Fsp3) is 0.733. The summed E-state index contributed by atoms with van der Waals surface area (Å²) >= 11 is 0. The lowest BCUT2D eigenvalue weighted by Gasteiger charge is -2.33. The number of carboxylic acid groups (broad SMARTS) is 1. The molecule has 2 fully saturated rings. The van der Waals surface area contributed by atoms with E-state index in [0.29, 0.717) is 12.3 Å². The molecule has 2 aliphatic carbocycles. The molecule has 3 aliphatic rings. The summed E-state index contributed by atoms with van der Waals surface area (Å²) in [6.45, 7) is 1.50. The maximum Gasteiger partial charge on any atom is 0.307 e. The first kappa shape index (κ1) is 12.7. The standard InChI is InChI=1S/C15H21NO3/c17-13(9-11-3-1-2-4-11)16-7-5-15(6-8-16)10-12(15)14(18)19/h1,3,11-12H,2,4-10H2,(H,18,19)/t11-,12-/m0/s1. The Hall–Kier alpha value is -1.32. The molecule has 2 atom stereocenters. The van der Waals surface area contributed by atoms with E-state index in [0.717, 1.165) is 45.2 Å². The number of carbonyl (C=O) groups is 2. The summed E-state index contributed by atoms with van der Waals surface area (Å²) in [5.74, 6) is -0.131. The third-order valence-corrected chi connectivity index (χ3v) is 5.15. The van der Waals surface area contributed by atoms with E-state index in [9.17, 15) is 9.59 Å². The predicted molar refractivity (Wildman–Crippen MR) is 70.5 cm³/mol. The minimum atomic E-state index is -0.657. The molecule has 104 valence electrons. The number of nitrogens with zero attached hydrogens (tertiary/aromatic N) is 1. The van der Waals surface area contributed by atoms with Crippen molar-refractivity contribution < 1.29 is 14.7 Å². The molecule has 0 bridgehead atoms. The van der Waals surface area contributed by atoms with E-state index in [1.807, 2.05) is 4.90 Å². The van der Waals surface area contributed by atoms with Crippen LogP contribution in [0, 0.1) is 17.3 Å². The average Bonchev–Trinajstić information content (AvgIpc) is 2.84. The zero-order valence-electron chi connectivity index (χ0n) is 11.2. The summed E-state index contributed by atoms with van der Waals surface area (Å²) < 4.78 is 0. The Balaban J connectivity index is 1.49. The van der Waals surface area contributed by atoms with Gasteiger partial charge in [0.25, 0.3) is 0 Å². The van der Waals surface area contributed by atoms with Crippen molar-refractivity contribution in [2.75, 3.05) is 13.1 Å². The van der Waals surface area contributed by atoms with Crippen LogP contribution in [0.4, 0.5) is 0 Å². The SMILES string of the molecule is O=C(O)[C@@H]1CC12CCN(C(=O)C[C@H]1C=CCC1)CC2. The molecule has 4 heteroatoms. The molecular weight excluding hydrogens is 242 g/mol. The molecule has 1 heterocycles. The van der Waals surface area contributed by atoms with Crippen molar-refractivity contribution in [3.8, 4) is 0 Å². The van der Waals surface area contributed by atoms with E-state index < -0.39 is 5.97 Å². The minimum Gasteiger partial charge on any atom is -0.481 e. The molecule has 1 amide bonds. The maximum atomic E-state index is 12.2. The Kier molecular flexibility index (Phi) is 3.11. The fourth-order valence-corrected chi connectivity index (χ4v) is 3.67. The number of carbonyl (C=O) groups excluding carboxylic acids is 1. The summed E-state index contributed by atoms with van der Waals surface area (Å²) in [5.41, 5.74) is 0.0237. The van der Waals surface area contributed by atoms with Crippen LogP contribution in [0.5, 0.6) is 0 Å². The van der Waals surface area contributed by atoms with Gasteiger partial charge in [0.2, 0.25) is 5.91 Å². The number of rotatable bonds is 3. The molecule has 4 nitrogen and oxygen atoms in total. The highest BCUT2D eigenvalue weighted by Gasteiger charge is 2.59. The fourth-order valence-electron chi connectivity index (χ4n) is 3.67. The third-order valence-electron chi connectivity index (χ3n) is 5.15. The Labute approximate surface area is 113 Å². The molecule has 0 radical (unpaired) electrons. The topological polar surface area (TPSA) is 57.6 Å². The summed E-state index contributed by atoms with van der Waals surface area (Å²) in [4.78, 5) is 25.1. The molecule has 1 saturated heterocycles. The van der Waals surface area contributed by atoms with E-state index in [-0.39, 0.29) is 17.2 Å². The molecular formula is C15H21NO3. The summed E-state index contributed by atoms with van der Waals surface area (Å²) in [6.07, 6.45) is 9.70. The largest absolute Gasteiger partial charge is 0.481 e. The van der Waals surface area contributed by atoms with Crippen molar-refractivity contribution in [1.29, 1.82) is 0 Å². The van der Waals surface area contributed by atoms with Gasteiger partial charge in [0, 0.05) is 19.5 Å². The monoisotopic (exact) mass is 263 g/mol. The summed E-state index contributed by atoms with van der Waals surface area (Å²) in [7, 11) is 0. The second-order valence-electron chi connectivity index (χ2n) is 6.31. The molecule has 1 saturated carbocycles. The lowest BCUT2D eigenvalue weighted by Crippen LogP contribution is -2.40. The molecule has 0 unspecified atom stereocenters. The average molecular weight is 263 g/mol. The van der Waals surface area contributed by atoms with Gasteiger partial charge < -0.3 is 10.0 Å². The van der Waals surface area contributed by atoms with Gasteiger partial charge in [-0.3, -0.25) is 9.59 Å². The second kappa shape index (κ2) is 4.66. The Morgan fingerprint density at radius 1 is 1.32 bits per heavy atom. The number of hydrogen-bond acceptors (Lipinski definition) is 2.